The topological polar surface area (TPSA) is 75.4 Å². The minimum absolute atomic E-state index is 0.0429. The Morgan fingerprint density at radius 2 is 2.28 bits per heavy atom. The molecule has 0 spiro atoms. The van der Waals surface area contributed by atoms with Crippen LogP contribution in [0.25, 0.3) is 0 Å². The Morgan fingerprint density at radius 1 is 1.56 bits per heavy atom. The molecule has 0 bridgehead atoms. The monoisotopic (exact) mass is 251 g/mol. The summed E-state index contributed by atoms with van der Waals surface area (Å²) < 4.78 is 4.84. The van der Waals surface area contributed by atoms with E-state index in [9.17, 15) is 9.59 Å². The molecule has 1 aromatic rings. The van der Waals surface area contributed by atoms with Crippen molar-refractivity contribution in [1.29, 1.82) is 0 Å². The number of amides is 2. The van der Waals surface area contributed by atoms with Gasteiger partial charge >= 0.3 is 0 Å². The molecule has 2 rings (SSSR count). The van der Waals surface area contributed by atoms with E-state index in [0.29, 0.717) is 11.6 Å². The number of aromatic nitrogens is 1. The molecule has 1 N–H and O–H groups in total. The standard InChI is InChI=1S/C12H17N3O3/c1-8-6-10(14-18-8)13-11(16)7-15(2)12(17)9-4-3-5-9/h6,9H,3-5,7H2,1-2H3,(H,13,14,16). The third-order valence-electron chi connectivity index (χ3n) is 3.11. The molecular formula is C12H17N3O3. The molecule has 1 aliphatic carbocycles. The normalized spacial score (nSPS) is 15.0. The van der Waals surface area contributed by atoms with Crippen LogP contribution < -0.4 is 5.32 Å². The van der Waals surface area contributed by atoms with Gasteiger partial charge in [-0.2, -0.15) is 0 Å². The molecule has 98 valence electrons. The molecule has 1 saturated carbocycles. The predicted octanol–water partition coefficient (Wildman–Crippen LogP) is 1.18. The van der Waals surface area contributed by atoms with E-state index in [1.807, 2.05) is 0 Å². The van der Waals surface area contributed by atoms with Crippen LogP contribution in [0.4, 0.5) is 5.82 Å². The average molecular weight is 251 g/mol. The molecule has 0 aromatic carbocycles. The summed E-state index contributed by atoms with van der Waals surface area (Å²) in [6.45, 7) is 1.79. The van der Waals surface area contributed by atoms with Crippen molar-refractivity contribution in [2.75, 3.05) is 18.9 Å². The number of aryl methyl sites for hydroxylation is 1. The van der Waals surface area contributed by atoms with Gasteiger partial charge in [0.2, 0.25) is 11.8 Å². The SMILES string of the molecule is Cc1cc(NC(=O)CN(C)C(=O)C2CCC2)no1. The van der Waals surface area contributed by atoms with Gasteiger partial charge in [0.1, 0.15) is 5.76 Å². The fraction of sp³-hybridized carbons (Fsp3) is 0.583. The Kier molecular flexibility index (Phi) is 3.64. The first-order valence-corrected chi connectivity index (χ1v) is 6.04. The van der Waals surface area contributed by atoms with Crippen molar-refractivity contribution >= 4 is 17.6 Å². The lowest BCUT2D eigenvalue weighted by molar-refractivity contribution is -0.139. The predicted molar refractivity (Wildman–Crippen MR) is 64.8 cm³/mol. The highest BCUT2D eigenvalue weighted by atomic mass is 16.5. The third-order valence-corrected chi connectivity index (χ3v) is 3.11. The molecule has 0 atom stereocenters. The lowest BCUT2D eigenvalue weighted by Crippen LogP contribution is -2.40. The fourth-order valence-corrected chi connectivity index (χ4v) is 1.87. The van der Waals surface area contributed by atoms with Gasteiger partial charge in [0.05, 0.1) is 6.54 Å². The van der Waals surface area contributed by atoms with E-state index in [1.54, 1.807) is 20.0 Å². The Morgan fingerprint density at radius 3 is 2.78 bits per heavy atom. The summed E-state index contributed by atoms with van der Waals surface area (Å²) in [6.07, 6.45) is 2.98. The summed E-state index contributed by atoms with van der Waals surface area (Å²) in [6, 6.07) is 1.63. The molecule has 18 heavy (non-hydrogen) atoms. The molecule has 1 aliphatic rings. The summed E-state index contributed by atoms with van der Waals surface area (Å²) in [5.41, 5.74) is 0. The van der Waals surface area contributed by atoms with Gasteiger partial charge in [-0.25, -0.2) is 0 Å². The van der Waals surface area contributed by atoms with Crippen molar-refractivity contribution < 1.29 is 14.1 Å². The number of likely N-dealkylation sites (N-methyl/N-ethyl adjacent to an activating group) is 1. The van der Waals surface area contributed by atoms with Crippen LogP contribution in [0.1, 0.15) is 25.0 Å². The maximum absolute atomic E-state index is 11.8. The maximum Gasteiger partial charge on any atom is 0.245 e. The highest BCUT2D eigenvalue weighted by molar-refractivity contribution is 5.94. The number of carbonyl (C=O) groups excluding carboxylic acids is 2. The summed E-state index contributed by atoms with van der Waals surface area (Å²) in [4.78, 5) is 25.0. The first-order chi connectivity index (χ1) is 8.56. The van der Waals surface area contributed by atoms with E-state index in [0.717, 1.165) is 19.3 Å². The van der Waals surface area contributed by atoms with Crippen LogP contribution in [-0.2, 0) is 9.59 Å². The second kappa shape index (κ2) is 5.20. The van der Waals surface area contributed by atoms with Crippen LogP contribution in [0.2, 0.25) is 0 Å². The smallest absolute Gasteiger partial charge is 0.245 e. The zero-order valence-electron chi connectivity index (χ0n) is 10.6. The van der Waals surface area contributed by atoms with Gasteiger partial charge in [-0.15, -0.1) is 0 Å². The fourth-order valence-electron chi connectivity index (χ4n) is 1.87. The largest absolute Gasteiger partial charge is 0.360 e. The van der Waals surface area contributed by atoms with Gasteiger partial charge < -0.3 is 14.7 Å². The van der Waals surface area contributed by atoms with E-state index in [2.05, 4.69) is 10.5 Å². The maximum atomic E-state index is 11.8. The first-order valence-electron chi connectivity index (χ1n) is 6.04. The first kappa shape index (κ1) is 12.6. The summed E-state index contributed by atoms with van der Waals surface area (Å²) >= 11 is 0. The van der Waals surface area contributed by atoms with Crippen LogP contribution in [0, 0.1) is 12.8 Å². The number of nitrogens with zero attached hydrogens (tertiary/aromatic N) is 2. The van der Waals surface area contributed by atoms with Crippen molar-refractivity contribution in [3.63, 3.8) is 0 Å². The number of hydrogen-bond acceptors (Lipinski definition) is 4. The van der Waals surface area contributed by atoms with Crippen LogP contribution in [-0.4, -0.2) is 35.5 Å². The quantitative estimate of drug-likeness (QED) is 0.871. The number of hydrogen-bond donors (Lipinski definition) is 1. The van der Waals surface area contributed by atoms with Crippen LogP contribution in [0.5, 0.6) is 0 Å². The highest BCUT2D eigenvalue weighted by Crippen LogP contribution is 2.27. The molecule has 1 aromatic heterocycles. The molecule has 0 radical (unpaired) electrons. The minimum atomic E-state index is -0.265. The zero-order valence-corrected chi connectivity index (χ0v) is 10.6. The molecule has 1 heterocycles. The Hall–Kier alpha value is -1.85. The van der Waals surface area contributed by atoms with Gasteiger partial charge in [0, 0.05) is 19.0 Å². The Labute approximate surface area is 105 Å². The summed E-state index contributed by atoms with van der Waals surface area (Å²) in [5, 5.41) is 6.25. The summed E-state index contributed by atoms with van der Waals surface area (Å²) in [5.74, 6) is 0.898. The second-order valence-electron chi connectivity index (χ2n) is 4.69. The van der Waals surface area contributed by atoms with E-state index >= 15 is 0 Å². The number of carbonyl (C=O) groups is 2. The van der Waals surface area contributed by atoms with Gasteiger partial charge in [0.15, 0.2) is 5.82 Å². The van der Waals surface area contributed by atoms with Crippen LogP contribution in [0.3, 0.4) is 0 Å². The third kappa shape index (κ3) is 2.88. The molecule has 6 heteroatoms. The van der Waals surface area contributed by atoms with Crippen molar-refractivity contribution in [3.8, 4) is 0 Å². The van der Waals surface area contributed by atoms with Gasteiger partial charge in [-0.3, -0.25) is 9.59 Å². The molecular weight excluding hydrogens is 234 g/mol. The molecule has 0 saturated heterocycles. The average Bonchev–Trinajstić information content (AvgIpc) is 2.60. The zero-order chi connectivity index (χ0) is 13.1. The molecule has 0 unspecified atom stereocenters. The lowest BCUT2D eigenvalue weighted by Gasteiger charge is -2.28. The van der Waals surface area contributed by atoms with E-state index in [1.165, 1.54) is 4.90 Å². The molecule has 2 amide bonds. The number of rotatable bonds is 4. The van der Waals surface area contributed by atoms with E-state index in [4.69, 9.17) is 4.52 Å². The number of anilines is 1. The van der Waals surface area contributed by atoms with Crippen molar-refractivity contribution in [1.82, 2.24) is 10.1 Å². The van der Waals surface area contributed by atoms with Crippen molar-refractivity contribution in [2.45, 2.75) is 26.2 Å². The van der Waals surface area contributed by atoms with Crippen LogP contribution in [0.15, 0.2) is 10.6 Å². The highest BCUT2D eigenvalue weighted by Gasteiger charge is 2.28. The summed E-state index contributed by atoms with van der Waals surface area (Å²) in [7, 11) is 1.65. The van der Waals surface area contributed by atoms with Gasteiger partial charge in [-0.1, -0.05) is 11.6 Å². The Bertz CT molecular complexity index is 451. The lowest BCUT2D eigenvalue weighted by atomic mass is 9.84. The van der Waals surface area contributed by atoms with Crippen molar-refractivity contribution in [3.05, 3.63) is 11.8 Å². The molecule has 1 fully saturated rings. The van der Waals surface area contributed by atoms with E-state index < -0.39 is 0 Å². The molecule has 0 aliphatic heterocycles. The van der Waals surface area contributed by atoms with Crippen molar-refractivity contribution in [2.24, 2.45) is 5.92 Å². The number of nitrogens with one attached hydrogen (secondary N) is 1. The second-order valence-corrected chi connectivity index (χ2v) is 4.69. The van der Waals surface area contributed by atoms with Crippen LogP contribution >= 0.6 is 0 Å². The minimum Gasteiger partial charge on any atom is -0.360 e. The molecule has 6 nitrogen and oxygen atoms in total. The van der Waals surface area contributed by atoms with E-state index in [-0.39, 0.29) is 24.3 Å². The van der Waals surface area contributed by atoms with Gasteiger partial charge in [-0.05, 0) is 19.8 Å². The van der Waals surface area contributed by atoms with Gasteiger partial charge in [0.25, 0.3) is 0 Å². The Balaban J connectivity index is 1.81.